The Labute approximate surface area is 133 Å². The molecular weight excluding hydrogens is 300 g/mol. The topological polar surface area (TPSA) is 90.6 Å². The van der Waals surface area contributed by atoms with Gasteiger partial charge in [-0.15, -0.1) is 0 Å². The highest BCUT2D eigenvalue weighted by atomic mass is 16.5. The molecule has 0 saturated carbocycles. The van der Waals surface area contributed by atoms with Crippen LogP contribution < -0.4 is 4.74 Å². The van der Waals surface area contributed by atoms with Crippen LogP contribution in [0.15, 0.2) is 29.0 Å². The third-order valence-corrected chi connectivity index (χ3v) is 3.47. The van der Waals surface area contributed by atoms with Gasteiger partial charge < -0.3 is 18.9 Å². The Hall–Kier alpha value is -2.48. The van der Waals surface area contributed by atoms with Gasteiger partial charge in [-0.05, 0) is 19.1 Å². The van der Waals surface area contributed by atoms with E-state index in [0.717, 1.165) is 12.2 Å². The van der Waals surface area contributed by atoms with E-state index in [-0.39, 0.29) is 25.2 Å². The van der Waals surface area contributed by atoms with Crippen LogP contribution in [0.25, 0.3) is 0 Å². The Morgan fingerprint density at radius 1 is 1.43 bits per heavy atom. The minimum absolute atomic E-state index is 0.0000555. The highest BCUT2D eigenvalue weighted by molar-refractivity contribution is 5.77. The summed E-state index contributed by atoms with van der Waals surface area (Å²) >= 11 is 0. The largest absolute Gasteiger partial charge is 0.488 e. The molecule has 2 aromatic rings. The van der Waals surface area contributed by atoms with Crippen LogP contribution in [0.3, 0.4) is 0 Å². The van der Waals surface area contributed by atoms with E-state index in [1.165, 1.54) is 0 Å². The van der Waals surface area contributed by atoms with E-state index in [1.807, 2.05) is 0 Å². The monoisotopic (exact) mass is 318 g/mol. The van der Waals surface area contributed by atoms with Crippen molar-refractivity contribution in [2.75, 3.05) is 19.7 Å². The molecule has 1 atom stereocenters. The van der Waals surface area contributed by atoms with Crippen molar-refractivity contribution in [3.63, 3.8) is 0 Å². The van der Waals surface area contributed by atoms with Crippen LogP contribution in [-0.4, -0.2) is 51.7 Å². The number of likely N-dealkylation sites (tertiary alicyclic amines) is 1. The van der Waals surface area contributed by atoms with Gasteiger partial charge in [0.2, 0.25) is 5.91 Å². The Morgan fingerprint density at radius 3 is 3.00 bits per heavy atom. The molecule has 122 valence electrons. The summed E-state index contributed by atoms with van der Waals surface area (Å²) in [5.74, 6) is 1.62. The summed E-state index contributed by atoms with van der Waals surface area (Å²) in [6, 6.07) is 3.61. The number of carbonyl (C=O) groups excluding carboxylic acids is 1. The maximum Gasteiger partial charge on any atom is 0.252 e. The lowest BCUT2D eigenvalue weighted by atomic mass is 10.3. The molecule has 0 radical (unpaired) electrons. The normalized spacial score (nSPS) is 17.4. The van der Waals surface area contributed by atoms with Gasteiger partial charge in [-0.25, -0.2) is 0 Å². The highest BCUT2D eigenvalue weighted by Crippen LogP contribution is 2.17. The van der Waals surface area contributed by atoms with Gasteiger partial charge in [0.05, 0.1) is 6.54 Å². The summed E-state index contributed by atoms with van der Waals surface area (Å²) in [5.41, 5.74) is 0. The molecule has 0 N–H and O–H groups in total. The maximum atomic E-state index is 12.1. The van der Waals surface area contributed by atoms with Gasteiger partial charge in [0.25, 0.3) is 5.89 Å². The van der Waals surface area contributed by atoms with Crippen molar-refractivity contribution in [3.05, 3.63) is 36.2 Å². The molecule has 1 amide bonds. The van der Waals surface area contributed by atoms with Crippen molar-refractivity contribution < 1.29 is 18.8 Å². The third kappa shape index (κ3) is 4.26. The average molecular weight is 318 g/mol. The van der Waals surface area contributed by atoms with Gasteiger partial charge in [-0.1, -0.05) is 5.16 Å². The molecule has 1 fully saturated rings. The number of rotatable bonds is 6. The minimum atomic E-state index is -0.0675. The molecule has 0 aromatic carbocycles. The second-order valence-corrected chi connectivity index (χ2v) is 5.28. The number of carbonyl (C=O) groups is 1. The highest BCUT2D eigenvalue weighted by Gasteiger charge is 2.27. The fourth-order valence-electron chi connectivity index (χ4n) is 2.38. The van der Waals surface area contributed by atoms with E-state index < -0.39 is 0 Å². The number of hydrogen-bond acceptors (Lipinski definition) is 7. The van der Waals surface area contributed by atoms with E-state index in [2.05, 4.69) is 15.1 Å². The number of aryl methyl sites for hydroxylation is 1. The SMILES string of the molecule is Cc1noc(COCC(=O)N2CC[C@@H](Oc3ccncc3)C2)n1. The lowest BCUT2D eigenvalue weighted by Gasteiger charge is -2.17. The molecule has 8 nitrogen and oxygen atoms in total. The van der Waals surface area contributed by atoms with Crippen molar-refractivity contribution in [1.82, 2.24) is 20.0 Å². The van der Waals surface area contributed by atoms with E-state index >= 15 is 0 Å². The first-order valence-electron chi connectivity index (χ1n) is 7.42. The molecule has 0 spiro atoms. The smallest absolute Gasteiger partial charge is 0.252 e. The predicted molar refractivity (Wildman–Crippen MR) is 78.5 cm³/mol. The van der Waals surface area contributed by atoms with Gasteiger partial charge in [-0.2, -0.15) is 4.98 Å². The fraction of sp³-hybridized carbons (Fsp3) is 0.467. The first kappa shape index (κ1) is 15.4. The molecule has 1 aliphatic rings. The first-order chi connectivity index (χ1) is 11.2. The van der Waals surface area contributed by atoms with Crippen molar-refractivity contribution in [1.29, 1.82) is 0 Å². The quantitative estimate of drug-likeness (QED) is 0.783. The summed E-state index contributed by atoms with van der Waals surface area (Å²) in [6.07, 6.45) is 4.16. The van der Waals surface area contributed by atoms with Crippen LogP contribution in [0, 0.1) is 6.92 Å². The molecular formula is C15H18N4O4. The minimum Gasteiger partial charge on any atom is -0.488 e. The van der Waals surface area contributed by atoms with Gasteiger partial charge in [0.15, 0.2) is 5.82 Å². The maximum absolute atomic E-state index is 12.1. The summed E-state index contributed by atoms with van der Waals surface area (Å²) in [5, 5.41) is 3.66. The Bertz CT molecular complexity index is 646. The lowest BCUT2D eigenvalue weighted by molar-refractivity contribution is -0.136. The number of ether oxygens (including phenoxy) is 2. The van der Waals surface area contributed by atoms with Gasteiger partial charge >= 0.3 is 0 Å². The summed E-state index contributed by atoms with van der Waals surface area (Å²) in [7, 11) is 0. The lowest BCUT2D eigenvalue weighted by Crippen LogP contribution is -2.33. The second-order valence-electron chi connectivity index (χ2n) is 5.28. The molecule has 3 rings (SSSR count). The third-order valence-electron chi connectivity index (χ3n) is 3.47. The second kappa shape index (κ2) is 7.19. The van der Waals surface area contributed by atoms with Gasteiger partial charge in [0, 0.05) is 25.4 Å². The average Bonchev–Trinajstić information content (AvgIpc) is 3.18. The number of nitrogens with zero attached hydrogens (tertiary/aromatic N) is 4. The number of aromatic nitrogens is 3. The summed E-state index contributed by atoms with van der Waals surface area (Å²) in [4.78, 5) is 21.8. The standard InChI is InChI=1S/C15H18N4O4/c1-11-17-14(23-18-11)9-21-10-15(20)19-7-4-13(8-19)22-12-2-5-16-6-3-12/h2-3,5-6,13H,4,7-10H2,1H3/t13-/m1/s1. The van der Waals surface area contributed by atoms with Crippen LogP contribution >= 0.6 is 0 Å². The molecule has 0 unspecified atom stereocenters. The molecule has 1 aliphatic heterocycles. The van der Waals surface area contributed by atoms with E-state index in [1.54, 1.807) is 36.4 Å². The zero-order valence-electron chi connectivity index (χ0n) is 12.8. The van der Waals surface area contributed by atoms with Crippen LogP contribution in [0.2, 0.25) is 0 Å². The van der Waals surface area contributed by atoms with Crippen molar-refractivity contribution >= 4 is 5.91 Å². The summed E-state index contributed by atoms with van der Waals surface area (Å²) in [6.45, 7) is 3.08. The number of amides is 1. The molecule has 8 heteroatoms. The Morgan fingerprint density at radius 2 is 2.26 bits per heavy atom. The molecule has 1 saturated heterocycles. The van der Waals surface area contributed by atoms with Gasteiger partial charge in [0.1, 0.15) is 25.1 Å². The Kier molecular flexibility index (Phi) is 4.82. The zero-order valence-corrected chi connectivity index (χ0v) is 12.8. The van der Waals surface area contributed by atoms with E-state index in [9.17, 15) is 4.79 Å². The molecule has 3 heterocycles. The van der Waals surface area contributed by atoms with Crippen LogP contribution in [0.1, 0.15) is 18.1 Å². The first-order valence-corrected chi connectivity index (χ1v) is 7.42. The molecule has 0 bridgehead atoms. The van der Waals surface area contributed by atoms with Crippen molar-refractivity contribution in [2.24, 2.45) is 0 Å². The van der Waals surface area contributed by atoms with Crippen LogP contribution in [0.5, 0.6) is 5.75 Å². The zero-order chi connectivity index (χ0) is 16.1. The van der Waals surface area contributed by atoms with Crippen LogP contribution in [0.4, 0.5) is 0 Å². The molecule has 23 heavy (non-hydrogen) atoms. The Balaban J connectivity index is 1.40. The number of hydrogen-bond donors (Lipinski definition) is 0. The van der Waals surface area contributed by atoms with Gasteiger partial charge in [-0.3, -0.25) is 9.78 Å². The fourth-order valence-corrected chi connectivity index (χ4v) is 2.38. The van der Waals surface area contributed by atoms with Crippen molar-refractivity contribution in [3.8, 4) is 5.75 Å². The van der Waals surface area contributed by atoms with Crippen LogP contribution in [-0.2, 0) is 16.1 Å². The predicted octanol–water partition coefficient (Wildman–Crippen LogP) is 0.970. The summed E-state index contributed by atoms with van der Waals surface area (Å²) < 4.78 is 16.1. The molecule has 2 aromatic heterocycles. The number of pyridine rings is 1. The van der Waals surface area contributed by atoms with Crippen molar-refractivity contribution in [2.45, 2.75) is 26.1 Å². The van der Waals surface area contributed by atoms with E-state index in [4.69, 9.17) is 14.0 Å². The molecule has 0 aliphatic carbocycles. The van der Waals surface area contributed by atoms with E-state index in [0.29, 0.717) is 24.8 Å².